The van der Waals surface area contributed by atoms with E-state index in [-0.39, 0.29) is 19.8 Å². The molecule has 2 N–H and O–H groups in total. The molecule has 13 heteroatoms. The van der Waals surface area contributed by atoms with Crippen LogP contribution >= 0.6 is 0 Å². The Labute approximate surface area is 153 Å². The number of nitrogens with one attached hydrogen (secondary N) is 1. The van der Waals surface area contributed by atoms with Gasteiger partial charge in [0.2, 0.25) is 0 Å². The Morgan fingerprint density at radius 3 is 2.63 bits per heavy atom. The van der Waals surface area contributed by atoms with Crippen LogP contribution in [0.5, 0.6) is 0 Å². The SMILES string of the molecule is CC1(C)OC2[C@@H](COCCOS(=O)(=O)O)O[C@@H](n3ccc(=O)[nH]c3=O)[C@H]2O1. The van der Waals surface area contributed by atoms with Gasteiger partial charge in [-0.05, 0) is 13.8 Å². The summed E-state index contributed by atoms with van der Waals surface area (Å²) in [6.45, 7) is 2.95. The maximum Gasteiger partial charge on any atom is 0.397 e. The van der Waals surface area contributed by atoms with Crippen LogP contribution in [-0.2, 0) is 33.5 Å². The van der Waals surface area contributed by atoms with Gasteiger partial charge in [-0.15, -0.1) is 0 Å². The van der Waals surface area contributed by atoms with Crippen molar-refractivity contribution >= 4 is 10.4 Å². The van der Waals surface area contributed by atoms with E-state index in [1.54, 1.807) is 13.8 Å². The number of ether oxygens (including phenoxy) is 4. The lowest BCUT2D eigenvalue weighted by Gasteiger charge is -2.24. The molecule has 2 aliphatic rings. The van der Waals surface area contributed by atoms with E-state index in [2.05, 4.69) is 9.17 Å². The zero-order valence-corrected chi connectivity index (χ0v) is 15.4. The molecule has 2 aliphatic heterocycles. The highest BCUT2D eigenvalue weighted by atomic mass is 32.3. The minimum Gasteiger partial charge on any atom is -0.376 e. The first-order valence-electron chi connectivity index (χ1n) is 8.08. The highest BCUT2D eigenvalue weighted by molar-refractivity contribution is 7.80. The Bertz CT molecular complexity index is 892. The van der Waals surface area contributed by atoms with Crippen LogP contribution in [-0.4, -0.2) is 66.4 Å². The van der Waals surface area contributed by atoms with Crippen LogP contribution in [0, 0.1) is 0 Å². The second-order valence-corrected chi connectivity index (χ2v) is 7.56. The summed E-state index contributed by atoms with van der Waals surface area (Å²) in [4.78, 5) is 25.5. The molecular formula is C14H20N2O10S. The molecule has 12 nitrogen and oxygen atoms in total. The van der Waals surface area contributed by atoms with E-state index in [1.165, 1.54) is 16.8 Å². The molecule has 27 heavy (non-hydrogen) atoms. The minimum atomic E-state index is -4.53. The van der Waals surface area contributed by atoms with Gasteiger partial charge in [0.15, 0.2) is 12.0 Å². The van der Waals surface area contributed by atoms with Crippen LogP contribution in [0.15, 0.2) is 21.9 Å². The summed E-state index contributed by atoms with van der Waals surface area (Å²) < 4.78 is 57.6. The molecule has 0 aromatic carbocycles. The van der Waals surface area contributed by atoms with Crippen molar-refractivity contribution in [1.82, 2.24) is 9.55 Å². The van der Waals surface area contributed by atoms with Gasteiger partial charge in [0.1, 0.15) is 18.3 Å². The number of nitrogens with zero attached hydrogens (tertiary/aromatic N) is 1. The molecule has 0 amide bonds. The van der Waals surface area contributed by atoms with Crippen LogP contribution in [0.25, 0.3) is 0 Å². The van der Waals surface area contributed by atoms with Gasteiger partial charge in [-0.3, -0.25) is 18.9 Å². The van der Waals surface area contributed by atoms with Crippen molar-refractivity contribution in [3.63, 3.8) is 0 Å². The quantitative estimate of drug-likeness (QED) is 0.415. The summed E-state index contributed by atoms with van der Waals surface area (Å²) in [5, 5.41) is 0. The summed E-state index contributed by atoms with van der Waals surface area (Å²) in [6.07, 6.45) is -1.33. The van der Waals surface area contributed by atoms with Crippen molar-refractivity contribution in [2.24, 2.45) is 0 Å². The number of H-pyrrole nitrogens is 1. The molecular weight excluding hydrogens is 388 g/mol. The van der Waals surface area contributed by atoms with Gasteiger partial charge in [-0.25, -0.2) is 8.98 Å². The molecule has 4 atom stereocenters. The Balaban J connectivity index is 1.69. The van der Waals surface area contributed by atoms with E-state index in [9.17, 15) is 18.0 Å². The van der Waals surface area contributed by atoms with E-state index in [4.69, 9.17) is 23.5 Å². The lowest BCUT2D eigenvalue weighted by Crippen LogP contribution is -2.37. The largest absolute Gasteiger partial charge is 0.397 e. The summed E-state index contributed by atoms with van der Waals surface area (Å²) >= 11 is 0. The van der Waals surface area contributed by atoms with Crippen molar-refractivity contribution in [3.05, 3.63) is 33.1 Å². The summed E-state index contributed by atoms with van der Waals surface area (Å²) in [5.41, 5.74) is -1.18. The highest BCUT2D eigenvalue weighted by Gasteiger charge is 2.56. The van der Waals surface area contributed by atoms with E-state index in [0.29, 0.717) is 0 Å². The number of fused-ring (bicyclic) bond motifs is 1. The number of hydrogen-bond acceptors (Lipinski definition) is 9. The van der Waals surface area contributed by atoms with E-state index in [0.717, 1.165) is 0 Å². The fourth-order valence-corrected chi connectivity index (χ4v) is 3.32. The van der Waals surface area contributed by atoms with E-state index >= 15 is 0 Å². The van der Waals surface area contributed by atoms with E-state index < -0.39 is 52.0 Å². The molecule has 2 saturated heterocycles. The third-order valence-electron chi connectivity index (χ3n) is 3.99. The van der Waals surface area contributed by atoms with Crippen molar-refractivity contribution in [2.45, 2.75) is 44.2 Å². The highest BCUT2D eigenvalue weighted by Crippen LogP contribution is 2.42. The van der Waals surface area contributed by atoms with Crippen molar-refractivity contribution in [3.8, 4) is 0 Å². The summed E-state index contributed by atoms with van der Waals surface area (Å²) in [6, 6.07) is 1.19. The predicted octanol–water partition coefficient (Wildman–Crippen LogP) is -1.21. The molecule has 3 heterocycles. The molecule has 1 unspecified atom stereocenters. The topological polar surface area (TPSA) is 155 Å². The van der Waals surface area contributed by atoms with E-state index in [1.807, 2.05) is 0 Å². The first-order chi connectivity index (χ1) is 12.6. The smallest absolute Gasteiger partial charge is 0.376 e. The number of aromatic nitrogens is 2. The molecule has 3 rings (SSSR count). The number of aromatic amines is 1. The maximum atomic E-state index is 12.1. The maximum absolute atomic E-state index is 12.1. The summed E-state index contributed by atoms with van der Waals surface area (Å²) in [7, 11) is -4.53. The second kappa shape index (κ2) is 7.43. The molecule has 0 bridgehead atoms. The first-order valence-corrected chi connectivity index (χ1v) is 9.44. The zero-order chi connectivity index (χ0) is 19.8. The zero-order valence-electron chi connectivity index (χ0n) is 14.6. The lowest BCUT2D eigenvalue weighted by atomic mass is 10.1. The third kappa shape index (κ3) is 4.82. The average Bonchev–Trinajstić information content (AvgIpc) is 3.00. The minimum absolute atomic E-state index is 0.00401. The van der Waals surface area contributed by atoms with Crippen LogP contribution in [0.2, 0.25) is 0 Å². The molecule has 1 aromatic heterocycles. The lowest BCUT2D eigenvalue weighted by molar-refractivity contribution is -0.202. The van der Waals surface area contributed by atoms with Gasteiger partial charge in [-0.2, -0.15) is 8.42 Å². The van der Waals surface area contributed by atoms with Crippen molar-refractivity contribution < 1.29 is 36.1 Å². The van der Waals surface area contributed by atoms with Gasteiger partial charge in [0.05, 0.1) is 19.8 Å². The average molecular weight is 408 g/mol. The second-order valence-electron chi connectivity index (χ2n) is 6.47. The molecule has 152 valence electrons. The van der Waals surface area contributed by atoms with Crippen molar-refractivity contribution in [2.75, 3.05) is 19.8 Å². The van der Waals surface area contributed by atoms with Gasteiger partial charge < -0.3 is 18.9 Å². The van der Waals surface area contributed by atoms with Gasteiger partial charge in [-0.1, -0.05) is 0 Å². The Morgan fingerprint density at radius 1 is 1.26 bits per heavy atom. The predicted molar refractivity (Wildman–Crippen MR) is 87.4 cm³/mol. The Kier molecular flexibility index (Phi) is 5.54. The summed E-state index contributed by atoms with van der Waals surface area (Å²) in [5.74, 6) is -0.907. The van der Waals surface area contributed by atoms with Crippen molar-refractivity contribution in [1.29, 1.82) is 0 Å². The first kappa shape index (κ1) is 20.1. The van der Waals surface area contributed by atoms with Crippen LogP contribution in [0.1, 0.15) is 20.1 Å². The molecule has 0 aliphatic carbocycles. The number of hydrogen-bond donors (Lipinski definition) is 2. The molecule has 1 aromatic rings. The number of rotatable bonds is 7. The van der Waals surface area contributed by atoms with Gasteiger partial charge >= 0.3 is 16.1 Å². The van der Waals surface area contributed by atoms with Crippen LogP contribution in [0.3, 0.4) is 0 Å². The standard InChI is InChI=1S/C14H20N2O10S/c1-14(2)25-10-8(7-22-5-6-23-27(19,20)21)24-12(11(10)26-14)16-4-3-9(17)15-13(16)18/h3-4,8,10-12H,5-7H2,1-2H3,(H,15,17,18)(H,19,20,21)/t8-,10?,11+,12-/m1/s1. The fraction of sp³-hybridized carbons (Fsp3) is 0.714. The molecule has 2 fully saturated rings. The third-order valence-corrected chi connectivity index (χ3v) is 4.46. The fourth-order valence-electron chi connectivity index (χ4n) is 3.04. The molecule has 0 radical (unpaired) electrons. The Hall–Kier alpha value is -1.61. The molecule has 0 spiro atoms. The Morgan fingerprint density at radius 2 is 1.96 bits per heavy atom. The van der Waals surface area contributed by atoms with Crippen LogP contribution in [0.4, 0.5) is 0 Å². The van der Waals surface area contributed by atoms with Crippen LogP contribution < -0.4 is 11.2 Å². The molecule has 0 saturated carbocycles. The monoisotopic (exact) mass is 408 g/mol. The normalized spacial score (nSPS) is 29.7. The van der Waals surface area contributed by atoms with Gasteiger partial charge in [0, 0.05) is 12.3 Å². The van der Waals surface area contributed by atoms with Gasteiger partial charge in [0.25, 0.3) is 5.56 Å².